The van der Waals surface area contributed by atoms with Crippen LogP contribution in [0.4, 0.5) is 15.9 Å². The molecule has 168 valence electrons. The van der Waals surface area contributed by atoms with Gasteiger partial charge in [0.25, 0.3) is 5.91 Å². The summed E-state index contributed by atoms with van der Waals surface area (Å²) < 4.78 is 15.9. The van der Waals surface area contributed by atoms with Gasteiger partial charge in [0.15, 0.2) is 0 Å². The average Bonchev–Trinajstić information content (AvgIpc) is 3.13. The van der Waals surface area contributed by atoms with E-state index < -0.39 is 5.54 Å². The molecule has 0 bridgehead atoms. The third kappa shape index (κ3) is 4.08. The van der Waals surface area contributed by atoms with Crippen molar-refractivity contribution in [3.8, 4) is 0 Å². The van der Waals surface area contributed by atoms with E-state index in [1.54, 1.807) is 33.8 Å². The fraction of sp³-hybridized carbons (Fsp3) is 0.348. The Morgan fingerprint density at radius 3 is 2.78 bits per heavy atom. The Morgan fingerprint density at radius 1 is 1.31 bits per heavy atom. The van der Waals surface area contributed by atoms with Crippen LogP contribution >= 0.6 is 11.6 Å². The summed E-state index contributed by atoms with van der Waals surface area (Å²) in [5.74, 6) is -0.0265. The second-order valence-electron chi connectivity index (χ2n) is 8.63. The SMILES string of the molecule is C[C@@H](CO)Nc1cc(N2C(=O)c3cnn(Cc4ccccc4F)c3CC2(C)C)c(Cl)cn1. The normalized spacial score (nSPS) is 16.1. The number of aliphatic hydroxyl groups is 1. The third-order valence-electron chi connectivity index (χ3n) is 5.61. The van der Waals surface area contributed by atoms with Crippen molar-refractivity contribution in [3.63, 3.8) is 0 Å². The lowest BCUT2D eigenvalue weighted by Crippen LogP contribution is -2.53. The lowest BCUT2D eigenvalue weighted by molar-refractivity contribution is 0.0948. The van der Waals surface area contributed by atoms with Gasteiger partial charge in [-0.2, -0.15) is 5.10 Å². The van der Waals surface area contributed by atoms with Crippen LogP contribution in [0.3, 0.4) is 0 Å². The lowest BCUT2D eigenvalue weighted by atomic mass is 9.88. The summed E-state index contributed by atoms with van der Waals surface area (Å²) in [6.45, 7) is 5.91. The number of pyridine rings is 1. The molecule has 1 aromatic carbocycles. The highest BCUT2D eigenvalue weighted by Crippen LogP contribution is 2.39. The number of carbonyl (C=O) groups is 1. The zero-order valence-electron chi connectivity index (χ0n) is 18.1. The molecule has 1 amide bonds. The highest BCUT2D eigenvalue weighted by Gasteiger charge is 2.42. The van der Waals surface area contributed by atoms with Crippen molar-refractivity contribution in [2.75, 3.05) is 16.8 Å². The maximum absolute atomic E-state index is 14.2. The Hall–Kier alpha value is -2.97. The summed E-state index contributed by atoms with van der Waals surface area (Å²) in [6.07, 6.45) is 3.53. The van der Waals surface area contributed by atoms with Crippen molar-refractivity contribution in [1.29, 1.82) is 0 Å². The van der Waals surface area contributed by atoms with Gasteiger partial charge in [-0.25, -0.2) is 9.37 Å². The molecular formula is C23H25ClFN5O2. The minimum absolute atomic E-state index is 0.0572. The molecule has 7 nitrogen and oxygen atoms in total. The molecule has 1 aliphatic heterocycles. The molecule has 3 heterocycles. The van der Waals surface area contributed by atoms with Gasteiger partial charge in [-0.1, -0.05) is 29.8 Å². The number of halogens is 2. The number of hydrogen-bond acceptors (Lipinski definition) is 5. The number of amides is 1. The van der Waals surface area contributed by atoms with Gasteiger partial charge in [-0.3, -0.25) is 9.48 Å². The number of fused-ring (bicyclic) bond motifs is 1. The Morgan fingerprint density at radius 2 is 2.06 bits per heavy atom. The van der Waals surface area contributed by atoms with Gasteiger partial charge in [-0.05, 0) is 26.8 Å². The van der Waals surface area contributed by atoms with Gasteiger partial charge in [0.2, 0.25) is 0 Å². The quantitative estimate of drug-likeness (QED) is 0.586. The summed E-state index contributed by atoms with van der Waals surface area (Å²) in [7, 11) is 0. The van der Waals surface area contributed by atoms with Crippen LogP contribution in [0, 0.1) is 5.82 Å². The van der Waals surface area contributed by atoms with E-state index in [0.29, 0.717) is 34.1 Å². The van der Waals surface area contributed by atoms with E-state index in [1.807, 2.05) is 20.8 Å². The van der Waals surface area contributed by atoms with Gasteiger partial charge in [0, 0.05) is 29.6 Å². The summed E-state index contributed by atoms with van der Waals surface area (Å²) >= 11 is 6.45. The molecule has 1 atom stereocenters. The van der Waals surface area contributed by atoms with Crippen LogP contribution in [0.5, 0.6) is 0 Å². The largest absolute Gasteiger partial charge is 0.394 e. The zero-order chi connectivity index (χ0) is 23.0. The highest BCUT2D eigenvalue weighted by atomic mass is 35.5. The van der Waals surface area contributed by atoms with Crippen LogP contribution in [-0.4, -0.2) is 44.0 Å². The Labute approximate surface area is 190 Å². The highest BCUT2D eigenvalue weighted by molar-refractivity contribution is 6.34. The topological polar surface area (TPSA) is 83.3 Å². The van der Waals surface area contributed by atoms with Crippen molar-refractivity contribution in [2.45, 2.75) is 45.3 Å². The van der Waals surface area contributed by atoms with E-state index in [2.05, 4.69) is 15.4 Å². The number of aliphatic hydroxyl groups excluding tert-OH is 1. The van der Waals surface area contributed by atoms with Crippen LogP contribution in [0.2, 0.25) is 5.02 Å². The Kier molecular flexibility index (Phi) is 5.92. The van der Waals surface area contributed by atoms with Gasteiger partial charge in [0.1, 0.15) is 11.6 Å². The number of nitrogens with zero attached hydrogens (tertiary/aromatic N) is 4. The summed E-state index contributed by atoms with van der Waals surface area (Å²) in [5.41, 5.74) is 1.64. The first-order valence-electron chi connectivity index (χ1n) is 10.4. The summed E-state index contributed by atoms with van der Waals surface area (Å²) in [4.78, 5) is 19.5. The van der Waals surface area contributed by atoms with E-state index in [9.17, 15) is 14.3 Å². The average molecular weight is 458 g/mol. The van der Waals surface area contributed by atoms with E-state index in [-0.39, 0.29) is 30.9 Å². The van der Waals surface area contributed by atoms with Crippen molar-refractivity contribution < 1.29 is 14.3 Å². The van der Waals surface area contributed by atoms with E-state index >= 15 is 0 Å². The molecule has 0 saturated heterocycles. The van der Waals surface area contributed by atoms with Crippen LogP contribution in [0.25, 0.3) is 0 Å². The van der Waals surface area contributed by atoms with Gasteiger partial charge < -0.3 is 15.3 Å². The molecule has 0 aliphatic carbocycles. The van der Waals surface area contributed by atoms with Crippen LogP contribution in [-0.2, 0) is 13.0 Å². The second kappa shape index (κ2) is 8.52. The molecule has 4 rings (SSSR count). The number of anilines is 2. The minimum atomic E-state index is -0.623. The molecule has 3 aromatic rings. The van der Waals surface area contributed by atoms with Gasteiger partial charge in [-0.15, -0.1) is 0 Å². The monoisotopic (exact) mass is 457 g/mol. The van der Waals surface area contributed by atoms with E-state index in [1.165, 1.54) is 18.5 Å². The van der Waals surface area contributed by atoms with Crippen molar-refractivity contribution in [2.24, 2.45) is 0 Å². The molecule has 2 aromatic heterocycles. The smallest absolute Gasteiger partial charge is 0.262 e. The molecule has 2 N–H and O–H groups in total. The number of aromatic nitrogens is 3. The van der Waals surface area contributed by atoms with E-state index in [4.69, 9.17) is 11.6 Å². The molecule has 32 heavy (non-hydrogen) atoms. The number of carbonyl (C=O) groups excluding carboxylic acids is 1. The molecule has 9 heteroatoms. The van der Waals surface area contributed by atoms with Crippen molar-refractivity contribution in [1.82, 2.24) is 14.8 Å². The van der Waals surface area contributed by atoms with Crippen LogP contribution in [0.15, 0.2) is 42.7 Å². The molecular weight excluding hydrogens is 433 g/mol. The Bertz CT molecular complexity index is 1160. The third-order valence-corrected chi connectivity index (χ3v) is 5.90. The predicted octanol–water partition coefficient (Wildman–Crippen LogP) is 3.89. The molecule has 0 saturated carbocycles. The maximum atomic E-state index is 14.2. The maximum Gasteiger partial charge on any atom is 0.262 e. The number of rotatable bonds is 6. The first-order chi connectivity index (χ1) is 15.2. The first kappa shape index (κ1) is 22.2. The van der Waals surface area contributed by atoms with Crippen molar-refractivity contribution in [3.05, 3.63) is 70.4 Å². The second-order valence-corrected chi connectivity index (χ2v) is 9.04. The molecule has 1 aliphatic rings. The zero-order valence-corrected chi connectivity index (χ0v) is 18.9. The van der Waals surface area contributed by atoms with Crippen LogP contribution < -0.4 is 10.2 Å². The van der Waals surface area contributed by atoms with Gasteiger partial charge in [0.05, 0.1) is 47.5 Å². The Balaban J connectivity index is 1.71. The summed E-state index contributed by atoms with van der Waals surface area (Å²) in [5, 5.41) is 17.1. The van der Waals surface area contributed by atoms with E-state index in [0.717, 1.165) is 5.69 Å². The molecule has 0 fully saturated rings. The first-order valence-corrected chi connectivity index (χ1v) is 10.7. The van der Waals surface area contributed by atoms with Crippen LogP contribution in [0.1, 0.15) is 42.4 Å². The fourth-order valence-corrected chi connectivity index (χ4v) is 4.18. The van der Waals surface area contributed by atoms with Gasteiger partial charge >= 0.3 is 0 Å². The molecule has 0 unspecified atom stereocenters. The standard InChI is InChI=1S/C23H25ClFN5O2/c1-14(13-31)28-21-8-19(17(24)11-26-21)30-22(32)16-10-27-29(20(16)9-23(30,2)3)12-15-6-4-5-7-18(15)25/h4-8,10-11,14,31H,9,12-13H2,1-3H3,(H,26,28)/t14-/m0/s1. The predicted molar refractivity (Wildman–Crippen MR) is 122 cm³/mol. The minimum Gasteiger partial charge on any atom is -0.394 e. The fourth-order valence-electron chi connectivity index (χ4n) is 4.00. The number of benzene rings is 1. The summed E-state index contributed by atoms with van der Waals surface area (Å²) in [6, 6.07) is 8.05. The lowest BCUT2D eigenvalue weighted by Gasteiger charge is -2.42. The number of nitrogens with one attached hydrogen (secondary N) is 1. The van der Waals surface area contributed by atoms with Crippen molar-refractivity contribution >= 4 is 29.0 Å². The molecule has 0 spiro atoms. The number of hydrogen-bond donors (Lipinski definition) is 2. The molecule has 0 radical (unpaired) electrons.